The van der Waals surface area contributed by atoms with Gasteiger partial charge in [-0.25, -0.2) is 0 Å². The number of benzene rings is 1. The Bertz CT molecular complexity index is 457. The minimum absolute atomic E-state index is 0.111. The molecule has 3 heteroatoms. The summed E-state index contributed by atoms with van der Waals surface area (Å²) >= 11 is 0. The summed E-state index contributed by atoms with van der Waals surface area (Å²) in [5.41, 5.74) is 1.15. The largest absolute Gasteiger partial charge is 0.490 e. The molecule has 1 aliphatic heterocycles. The smallest absolute Gasteiger partial charge is 0.165 e. The summed E-state index contributed by atoms with van der Waals surface area (Å²) in [6.07, 6.45) is 4.36. The minimum atomic E-state index is -0.111. The van der Waals surface area contributed by atoms with Crippen molar-refractivity contribution in [3.63, 3.8) is 0 Å². The van der Waals surface area contributed by atoms with Crippen LogP contribution in [0.4, 0.5) is 0 Å². The van der Waals surface area contributed by atoms with Crippen molar-refractivity contribution in [3.8, 4) is 11.5 Å². The summed E-state index contributed by atoms with van der Waals surface area (Å²) in [7, 11) is 0. The van der Waals surface area contributed by atoms with Crippen LogP contribution in [0.5, 0.6) is 11.5 Å². The number of nitrogens with one attached hydrogen (secondary N) is 1. The van der Waals surface area contributed by atoms with Crippen molar-refractivity contribution in [3.05, 3.63) is 23.8 Å². The number of para-hydroxylation sites is 1. The molecule has 0 radical (unpaired) electrons. The quantitative estimate of drug-likeness (QED) is 0.736. The van der Waals surface area contributed by atoms with Crippen LogP contribution in [0.1, 0.15) is 52.5 Å². The Balaban J connectivity index is 1.84. The van der Waals surface area contributed by atoms with Crippen LogP contribution in [0.25, 0.3) is 0 Å². The summed E-state index contributed by atoms with van der Waals surface area (Å²) in [6.45, 7) is 10.4. The normalized spacial score (nSPS) is 17.1. The molecule has 0 saturated heterocycles. The predicted octanol–water partition coefficient (Wildman–Crippen LogP) is 3.95. The molecule has 0 aliphatic carbocycles. The number of fused-ring (bicyclic) bond motifs is 1. The molecule has 1 aromatic rings. The van der Waals surface area contributed by atoms with Crippen molar-refractivity contribution in [2.24, 2.45) is 0 Å². The van der Waals surface area contributed by atoms with E-state index in [0.717, 1.165) is 43.9 Å². The highest BCUT2D eigenvalue weighted by Gasteiger charge is 2.32. The number of hydrogen-bond acceptors (Lipinski definition) is 3. The number of rotatable bonds is 8. The van der Waals surface area contributed by atoms with Gasteiger partial charge in [-0.3, -0.25) is 0 Å². The lowest BCUT2D eigenvalue weighted by Gasteiger charge is -2.19. The minimum Gasteiger partial charge on any atom is -0.490 e. The molecular formula is C18H29NO2. The van der Waals surface area contributed by atoms with E-state index in [1.165, 1.54) is 12.0 Å². The molecular weight excluding hydrogens is 262 g/mol. The predicted molar refractivity (Wildman–Crippen MR) is 87.3 cm³/mol. The van der Waals surface area contributed by atoms with Crippen molar-refractivity contribution in [2.45, 2.75) is 65.0 Å². The first-order valence-electron chi connectivity index (χ1n) is 8.23. The maximum absolute atomic E-state index is 6.03. The fourth-order valence-electron chi connectivity index (χ4n) is 2.95. The highest BCUT2D eigenvalue weighted by atomic mass is 16.5. The summed E-state index contributed by atoms with van der Waals surface area (Å²) in [4.78, 5) is 0. The Hall–Kier alpha value is -1.22. The molecule has 21 heavy (non-hydrogen) atoms. The molecule has 0 amide bonds. The van der Waals surface area contributed by atoms with E-state index < -0.39 is 0 Å². The van der Waals surface area contributed by atoms with E-state index in [0.29, 0.717) is 6.04 Å². The van der Waals surface area contributed by atoms with E-state index in [2.05, 4.69) is 45.1 Å². The third-order valence-corrected chi connectivity index (χ3v) is 4.00. The Morgan fingerprint density at radius 1 is 1.33 bits per heavy atom. The van der Waals surface area contributed by atoms with Gasteiger partial charge in [0.15, 0.2) is 11.5 Å². The molecule has 1 unspecified atom stereocenters. The zero-order valence-electron chi connectivity index (χ0n) is 13.9. The van der Waals surface area contributed by atoms with E-state index in [4.69, 9.17) is 9.47 Å². The number of ether oxygens (including phenoxy) is 2. The summed E-state index contributed by atoms with van der Waals surface area (Å²) in [6, 6.07) is 6.82. The van der Waals surface area contributed by atoms with E-state index in [9.17, 15) is 0 Å². The second-order valence-electron chi connectivity index (χ2n) is 6.44. The lowest BCUT2D eigenvalue weighted by molar-refractivity contribution is 0.132. The van der Waals surface area contributed by atoms with E-state index in [-0.39, 0.29) is 5.60 Å². The van der Waals surface area contributed by atoms with Gasteiger partial charge in [-0.1, -0.05) is 26.0 Å². The molecule has 0 spiro atoms. The maximum atomic E-state index is 6.03. The fourth-order valence-corrected chi connectivity index (χ4v) is 2.95. The monoisotopic (exact) mass is 291 g/mol. The third kappa shape index (κ3) is 4.37. The van der Waals surface area contributed by atoms with Gasteiger partial charge in [-0.05, 0) is 45.7 Å². The van der Waals surface area contributed by atoms with Gasteiger partial charge in [0.2, 0.25) is 0 Å². The number of hydrogen-bond donors (Lipinski definition) is 1. The van der Waals surface area contributed by atoms with Gasteiger partial charge < -0.3 is 14.8 Å². The SMILES string of the molecule is CCNC(CC)CCCOc1cccc2c1OC(C)(C)C2. The maximum Gasteiger partial charge on any atom is 0.165 e. The molecule has 2 rings (SSSR count). The Labute approximate surface area is 129 Å². The van der Waals surface area contributed by atoms with Gasteiger partial charge in [0.05, 0.1) is 6.61 Å². The lowest BCUT2D eigenvalue weighted by atomic mass is 10.0. The van der Waals surface area contributed by atoms with Crippen molar-refractivity contribution >= 4 is 0 Å². The third-order valence-electron chi connectivity index (χ3n) is 4.00. The molecule has 1 heterocycles. The van der Waals surface area contributed by atoms with Gasteiger partial charge in [0.25, 0.3) is 0 Å². The molecule has 0 bridgehead atoms. The molecule has 1 aliphatic rings. The molecule has 118 valence electrons. The zero-order chi connectivity index (χ0) is 15.3. The molecule has 1 atom stereocenters. The second-order valence-corrected chi connectivity index (χ2v) is 6.44. The van der Waals surface area contributed by atoms with Crippen LogP contribution in [0.3, 0.4) is 0 Å². The van der Waals surface area contributed by atoms with Crippen molar-refractivity contribution in [1.29, 1.82) is 0 Å². The van der Waals surface area contributed by atoms with Gasteiger partial charge in [0.1, 0.15) is 5.60 Å². The van der Waals surface area contributed by atoms with E-state index in [1.54, 1.807) is 0 Å². The summed E-state index contributed by atoms with van der Waals surface area (Å²) < 4.78 is 12.0. The topological polar surface area (TPSA) is 30.5 Å². The Morgan fingerprint density at radius 2 is 2.14 bits per heavy atom. The molecule has 1 N–H and O–H groups in total. The summed E-state index contributed by atoms with van der Waals surface area (Å²) in [5, 5.41) is 3.50. The van der Waals surface area contributed by atoms with Crippen molar-refractivity contribution in [2.75, 3.05) is 13.2 Å². The highest BCUT2D eigenvalue weighted by Crippen LogP contribution is 2.41. The van der Waals surface area contributed by atoms with Crippen LogP contribution >= 0.6 is 0 Å². The van der Waals surface area contributed by atoms with Crippen LogP contribution in [-0.4, -0.2) is 24.8 Å². The molecule has 0 saturated carbocycles. The van der Waals surface area contributed by atoms with Gasteiger partial charge in [-0.15, -0.1) is 0 Å². The van der Waals surface area contributed by atoms with Gasteiger partial charge >= 0.3 is 0 Å². The molecule has 0 aromatic heterocycles. The lowest BCUT2D eigenvalue weighted by Crippen LogP contribution is -2.28. The average Bonchev–Trinajstić information content (AvgIpc) is 2.76. The summed E-state index contributed by atoms with van der Waals surface area (Å²) in [5.74, 6) is 1.84. The van der Waals surface area contributed by atoms with Gasteiger partial charge in [0, 0.05) is 18.0 Å². The van der Waals surface area contributed by atoms with Crippen LogP contribution < -0.4 is 14.8 Å². The van der Waals surface area contributed by atoms with Crippen LogP contribution in [-0.2, 0) is 6.42 Å². The fraction of sp³-hybridized carbons (Fsp3) is 0.667. The molecule has 0 fully saturated rings. The van der Waals surface area contributed by atoms with Crippen LogP contribution in [0.2, 0.25) is 0 Å². The van der Waals surface area contributed by atoms with Crippen LogP contribution in [0, 0.1) is 0 Å². The molecule has 1 aromatic carbocycles. The van der Waals surface area contributed by atoms with E-state index >= 15 is 0 Å². The van der Waals surface area contributed by atoms with E-state index in [1.807, 2.05) is 6.07 Å². The van der Waals surface area contributed by atoms with Crippen LogP contribution in [0.15, 0.2) is 18.2 Å². The highest BCUT2D eigenvalue weighted by molar-refractivity contribution is 5.50. The first-order chi connectivity index (χ1) is 10.1. The first kappa shape index (κ1) is 16.2. The van der Waals surface area contributed by atoms with Crippen molar-refractivity contribution in [1.82, 2.24) is 5.32 Å². The Kier molecular flexibility index (Phi) is 5.51. The zero-order valence-corrected chi connectivity index (χ0v) is 13.9. The van der Waals surface area contributed by atoms with Gasteiger partial charge in [-0.2, -0.15) is 0 Å². The van der Waals surface area contributed by atoms with Crippen molar-refractivity contribution < 1.29 is 9.47 Å². The standard InChI is InChI=1S/C18H29NO2/c1-5-15(19-6-2)10-8-12-20-16-11-7-9-14-13-18(3,4)21-17(14)16/h7,9,11,15,19H,5-6,8,10,12-13H2,1-4H3. The second kappa shape index (κ2) is 7.17. The first-order valence-corrected chi connectivity index (χ1v) is 8.23. The molecule has 3 nitrogen and oxygen atoms in total. The average molecular weight is 291 g/mol. The Morgan fingerprint density at radius 3 is 2.86 bits per heavy atom.